The Kier molecular flexibility index (Phi) is 3.13. The van der Waals surface area contributed by atoms with E-state index >= 15 is 0 Å². The Labute approximate surface area is 108 Å². The molecule has 0 spiro atoms. The molecule has 0 saturated heterocycles. The van der Waals surface area contributed by atoms with Gasteiger partial charge < -0.3 is 4.57 Å². The second-order valence-electron chi connectivity index (χ2n) is 4.03. The average Bonchev–Trinajstić information content (AvgIpc) is 2.50. The van der Waals surface area contributed by atoms with Gasteiger partial charge in [-0.05, 0) is 12.1 Å². The van der Waals surface area contributed by atoms with E-state index in [4.69, 9.17) is 11.2 Å². The van der Waals surface area contributed by atoms with Crippen molar-refractivity contribution in [3.63, 3.8) is 0 Å². The first-order valence-corrected chi connectivity index (χ1v) is 8.32. The van der Waals surface area contributed by atoms with Crippen molar-refractivity contribution in [3.8, 4) is 0 Å². The van der Waals surface area contributed by atoms with Gasteiger partial charge in [-0.25, -0.2) is 4.90 Å². The minimum atomic E-state index is -3.15. The summed E-state index contributed by atoms with van der Waals surface area (Å²) in [5.74, 6) is -2.21. The van der Waals surface area contributed by atoms with E-state index in [2.05, 4.69) is 0 Å². The first-order valence-electron chi connectivity index (χ1n) is 5.08. The Morgan fingerprint density at radius 2 is 1.67 bits per heavy atom. The summed E-state index contributed by atoms with van der Waals surface area (Å²) in [6.45, 7) is -1.93. The zero-order valence-corrected chi connectivity index (χ0v) is 11.1. The van der Waals surface area contributed by atoms with Crippen LogP contribution < -0.4 is 0 Å². The number of imide groups is 3. The number of halogens is 1. The molecule has 5 nitrogen and oxygen atoms in total. The summed E-state index contributed by atoms with van der Waals surface area (Å²) in [5, 5.41) is 0. The molecule has 0 N–H and O–H groups in total. The van der Waals surface area contributed by atoms with Gasteiger partial charge in [-0.1, -0.05) is 23.4 Å². The highest BCUT2D eigenvalue weighted by Gasteiger charge is 2.40. The van der Waals surface area contributed by atoms with E-state index < -0.39 is 30.4 Å². The fourth-order valence-electron chi connectivity index (χ4n) is 1.73. The van der Waals surface area contributed by atoms with Crippen LogP contribution in [-0.4, -0.2) is 35.4 Å². The standard InChI is InChI=1S/C11H9ClNO4P/c1-18(12,17)6-9(14)13-10(15)7-4-2-3-5-8(7)11(13)16/h2-5H,6H2,1H3. The zero-order chi connectivity index (χ0) is 13.5. The molecule has 18 heavy (non-hydrogen) atoms. The van der Waals surface area contributed by atoms with Crippen LogP contribution in [-0.2, 0) is 9.36 Å². The van der Waals surface area contributed by atoms with Gasteiger partial charge in [0.15, 0.2) is 6.49 Å². The molecule has 1 unspecified atom stereocenters. The molecule has 1 aliphatic heterocycles. The average molecular weight is 286 g/mol. The van der Waals surface area contributed by atoms with Gasteiger partial charge in [-0.2, -0.15) is 0 Å². The molecule has 0 radical (unpaired) electrons. The molecule has 0 aliphatic carbocycles. The maximum Gasteiger partial charge on any atom is 0.268 e. The molecular weight excluding hydrogens is 277 g/mol. The van der Waals surface area contributed by atoms with Gasteiger partial charge in [0, 0.05) is 6.66 Å². The predicted molar refractivity (Wildman–Crippen MR) is 66.2 cm³/mol. The molecular formula is C11H9ClNO4P. The van der Waals surface area contributed by atoms with Crippen LogP contribution in [0.2, 0.25) is 0 Å². The fraction of sp³-hybridized carbons (Fsp3) is 0.182. The number of hydrogen-bond acceptors (Lipinski definition) is 4. The molecule has 1 heterocycles. The Bertz CT molecular complexity index is 572. The highest BCUT2D eigenvalue weighted by molar-refractivity contribution is 7.89. The number of hydrogen-bond donors (Lipinski definition) is 0. The van der Waals surface area contributed by atoms with Gasteiger partial charge in [0.1, 0.15) is 0 Å². The van der Waals surface area contributed by atoms with Gasteiger partial charge in [0.25, 0.3) is 11.8 Å². The molecule has 94 valence electrons. The largest absolute Gasteiger partial charge is 0.306 e. The molecule has 1 aliphatic rings. The second-order valence-corrected chi connectivity index (χ2v) is 8.46. The van der Waals surface area contributed by atoms with Crippen molar-refractivity contribution in [1.82, 2.24) is 4.90 Å². The molecule has 0 fully saturated rings. The molecule has 0 aromatic heterocycles. The van der Waals surface area contributed by atoms with E-state index in [-0.39, 0.29) is 11.1 Å². The van der Waals surface area contributed by atoms with Crippen molar-refractivity contribution in [1.29, 1.82) is 0 Å². The SMILES string of the molecule is CP(=O)(Cl)CC(=O)N1C(=O)c2ccccc2C1=O. The monoisotopic (exact) mass is 285 g/mol. The van der Waals surface area contributed by atoms with Gasteiger partial charge >= 0.3 is 0 Å². The highest BCUT2D eigenvalue weighted by atomic mass is 35.7. The Morgan fingerprint density at radius 1 is 1.22 bits per heavy atom. The predicted octanol–water partition coefficient (Wildman–Crippen LogP) is 1.96. The third-order valence-electron chi connectivity index (χ3n) is 2.46. The molecule has 1 atom stereocenters. The zero-order valence-electron chi connectivity index (χ0n) is 9.42. The lowest BCUT2D eigenvalue weighted by Gasteiger charge is -2.12. The number of amides is 3. The maximum absolute atomic E-state index is 11.9. The summed E-state index contributed by atoms with van der Waals surface area (Å²) in [5.41, 5.74) is 0.354. The lowest BCUT2D eigenvalue weighted by molar-refractivity contribution is -0.123. The Morgan fingerprint density at radius 3 is 2.06 bits per heavy atom. The number of nitrogens with zero attached hydrogens (tertiary/aromatic N) is 1. The smallest absolute Gasteiger partial charge is 0.268 e. The Balaban J connectivity index is 2.35. The lowest BCUT2D eigenvalue weighted by atomic mass is 10.1. The summed E-state index contributed by atoms with van der Waals surface area (Å²) in [4.78, 5) is 36.1. The van der Waals surface area contributed by atoms with Crippen molar-refractivity contribution in [2.45, 2.75) is 0 Å². The van der Waals surface area contributed by atoms with E-state index in [1.165, 1.54) is 18.8 Å². The normalized spacial score (nSPS) is 17.6. The molecule has 0 bridgehead atoms. The third kappa shape index (κ3) is 2.24. The molecule has 0 saturated carbocycles. The van der Waals surface area contributed by atoms with E-state index in [1.54, 1.807) is 12.1 Å². The minimum Gasteiger partial charge on any atom is -0.306 e. The summed E-state index contributed by atoms with van der Waals surface area (Å²) >= 11 is 5.50. The van der Waals surface area contributed by atoms with Crippen LogP contribution in [0.5, 0.6) is 0 Å². The summed E-state index contributed by atoms with van der Waals surface area (Å²) < 4.78 is 11.4. The third-order valence-corrected chi connectivity index (χ3v) is 3.66. The highest BCUT2D eigenvalue weighted by Crippen LogP contribution is 2.47. The van der Waals surface area contributed by atoms with Crippen LogP contribution in [0.1, 0.15) is 20.7 Å². The van der Waals surface area contributed by atoms with Gasteiger partial charge in [0.2, 0.25) is 5.91 Å². The second kappa shape index (κ2) is 4.34. The van der Waals surface area contributed by atoms with E-state index in [1.807, 2.05) is 0 Å². The molecule has 1 aromatic rings. The van der Waals surface area contributed by atoms with Crippen LogP contribution in [0.15, 0.2) is 24.3 Å². The minimum absolute atomic E-state index is 0.177. The lowest BCUT2D eigenvalue weighted by Crippen LogP contribution is -2.37. The van der Waals surface area contributed by atoms with Crippen LogP contribution in [0.25, 0.3) is 0 Å². The number of carbonyl (C=O) groups excluding carboxylic acids is 3. The van der Waals surface area contributed by atoms with Crippen molar-refractivity contribution < 1.29 is 18.9 Å². The van der Waals surface area contributed by atoms with Crippen LogP contribution in [0.3, 0.4) is 0 Å². The Hall–Kier alpha value is -1.45. The van der Waals surface area contributed by atoms with E-state index in [0.29, 0.717) is 4.90 Å². The fourth-order valence-corrected chi connectivity index (χ4v) is 2.66. The molecule has 2 rings (SSSR count). The van der Waals surface area contributed by atoms with E-state index in [0.717, 1.165) is 0 Å². The summed E-state index contributed by atoms with van der Waals surface area (Å²) in [7, 11) is 0. The molecule has 3 amide bonds. The molecule has 7 heteroatoms. The van der Waals surface area contributed by atoms with E-state index in [9.17, 15) is 18.9 Å². The maximum atomic E-state index is 11.9. The van der Waals surface area contributed by atoms with Crippen molar-refractivity contribution in [2.75, 3.05) is 12.8 Å². The van der Waals surface area contributed by atoms with Gasteiger partial charge in [-0.15, -0.1) is 0 Å². The number of fused-ring (bicyclic) bond motifs is 1. The quantitative estimate of drug-likeness (QED) is 0.615. The van der Waals surface area contributed by atoms with Gasteiger partial charge in [0.05, 0.1) is 17.3 Å². The summed E-state index contributed by atoms with van der Waals surface area (Å²) in [6.07, 6.45) is -0.514. The van der Waals surface area contributed by atoms with Crippen molar-refractivity contribution in [2.24, 2.45) is 0 Å². The molecule has 1 aromatic carbocycles. The van der Waals surface area contributed by atoms with Crippen LogP contribution >= 0.6 is 17.7 Å². The van der Waals surface area contributed by atoms with Gasteiger partial charge in [-0.3, -0.25) is 14.4 Å². The topological polar surface area (TPSA) is 71.5 Å². The van der Waals surface area contributed by atoms with Crippen molar-refractivity contribution in [3.05, 3.63) is 35.4 Å². The van der Waals surface area contributed by atoms with Crippen LogP contribution in [0.4, 0.5) is 0 Å². The summed E-state index contributed by atoms with van der Waals surface area (Å²) in [6, 6.07) is 6.14. The van der Waals surface area contributed by atoms with Crippen molar-refractivity contribution >= 4 is 35.5 Å². The first-order chi connectivity index (χ1) is 8.31. The number of rotatable bonds is 2. The first kappa shape index (κ1) is 13.0. The number of benzene rings is 1. The number of carbonyl (C=O) groups is 3. The van der Waals surface area contributed by atoms with Crippen LogP contribution in [0, 0.1) is 0 Å².